The Balaban J connectivity index is 2.04. The second-order valence-corrected chi connectivity index (χ2v) is 3.66. The van der Waals surface area contributed by atoms with Crippen molar-refractivity contribution >= 4 is 0 Å². The van der Waals surface area contributed by atoms with Crippen molar-refractivity contribution in [1.29, 1.82) is 0 Å². The van der Waals surface area contributed by atoms with Crippen molar-refractivity contribution in [3.05, 3.63) is 0 Å². The van der Waals surface area contributed by atoms with E-state index in [1.54, 1.807) is 0 Å². The van der Waals surface area contributed by atoms with E-state index >= 15 is 0 Å². The molecule has 0 amide bonds. The molecule has 1 N–H and O–H groups in total. The van der Waals surface area contributed by atoms with Crippen molar-refractivity contribution in [3.63, 3.8) is 0 Å². The Labute approximate surface area is 76.3 Å². The molecular weight excluding hydrogens is 148 g/mol. The lowest BCUT2D eigenvalue weighted by Crippen LogP contribution is -2.39. The second kappa shape index (κ2) is 6.44. The number of nitrogens with one attached hydrogen (secondary N) is 1. The number of hydrogen-bond donors (Lipinski definition) is 1. The zero-order valence-corrected chi connectivity index (χ0v) is 8.31. The molecule has 12 heavy (non-hydrogen) atoms. The van der Waals surface area contributed by atoms with Crippen LogP contribution >= 0.6 is 0 Å². The molecule has 1 rings (SSSR count). The summed E-state index contributed by atoms with van der Waals surface area (Å²) in [6.45, 7) is 5.91. The average molecular weight is 170 g/mol. The summed E-state index contributed by atoms with van der Waals surface area (Å²) in [6, 6.07) is 0. The fourth-order valence-corrected chi connectivity index (χ4v) is 1.64. The Morgan fingerprint density at radius 2 is 1.75 bits per heavy atom. The van der Waals surface area contributed by atoms with Crippen LogP contribution in [-0.2, 0) is 0 Å². The second-order valence-electron chi connectivity index (χ2n) is 3.66. The summed E-state index contributed by atoms with van der Waals surface area (Å²) < 4.78 is 0. The van der Waals surface area contributed by atoms with Crippen LogP contribution in [0.3, 0.4) is 0 Å². The Bertz CT molecular complexity index is 96.0. The quantitative estimate of drug-likeness (QED) is 0.650. The van der Waals surface area contributed by atoms with E-state index in [9.17, 15) is 0 Å². The lowest BCUT2D eigenvalue weighted by molar-refractivity contribution is 0.194. The summed E-state index contributed by atoms with van der Waals surface area (Å²) in [5.74, 6) is 0. The molecule has 0 saturated carbocycles. The zero-order chi connectivity index (χ0) is 8.65. The van der Waals surface area contributed by atoms with E-state index in [0.717, 1.165) is 6.54 Å². The molecule has 0 aliphatic carbocycles. The summed E-state index contributed by atoms with van der Waals surface area (Å²) in [4.78, 5) is 0. The molecule has 1 fully saturated rings. The van der Waals surface area contributed by atoms with Crippen LogP contribution in [0.1, 0.15) is 45.4 Å². The largest absolute Gasteiger partial charge is 0.255 e. The van der Waals surface area contributed by atoms with Crippen LogP contribution in [0, 0.1) is 0 Å². The molecule has 1 heterocycles. The van der Waals surface area contributed by atoms with Gasteiger partial charge in [0.2, 0.25) is 0 Å². The molecule has 0 aromatic rings. The van der Waals surface area contributed by atoms with Gasteiger partial charge >= 0.3 is 0 Å². The fourth-order valence-electron chi connectivity index (χ4n) is 1.64. The molecule has 0 aromatic carbocycles. The number of nitrogens with zero attached hydrogens (tertiary/aromatic N) is 1. The molecule has 0 bridgehead atoms. The predicted molar refractivity (Wildman–Crippen MR) is 53.0 cm³/mol. The molecule has 72 valence electrons. The normalized spacial score (nSPS) is 20.8. The minimum atomic E-state index is 1.16. The molecule has 1 saturated heterocycles. The molecule has 0 aromatic heterocycles. The van der Waals surface area contributed by atoms with Gasteiger partial charge in [0.05, 0.1) is 0 Å². The van der Waals surface area contributed by atoms with E-state index in [4.69, 9.17) is 0 Å². The summed E-state index contributed by atoms with van der Waals surface area (Å²) in [6.07, 6.45) is 8.19. The maximum Gasteiger partial charge on any atom is 0.0130 e. The van der Waals surface area contributed by atoms with E-state index in [2.05, 4.69) is 17.4 Å². The van der Waals surface area contributed by atoms with Gasteiger partial charge in [-0.15, -0.1) is 0 Å². The third kappa shape index (κ3) is 4.07. The van der Waals surface area contributed by atoms with Crippen molar-refractivity contribution in [1.82, 2.24) is 10.4 Å². The molecule has 1 aliphatic rings. The molecule has 2 heteroatoms. The van der Waals surface area contributed by atoms with Crippen LogP contribution in [0.4, 0.5) is 0 Å². The monoisotopic (exact) mass is 170 g/mol. The molecule has 0 unspecified atom stereocenters. The van der Waals surface area contributed by atoms with E-state index < -0.39 is 0 Å². The van der Waals surface area contributed by atoms with Crippen molar-refractivity contribution in [3.8, 4) is 0 Å². The molecule has 0 atom stereocenters. The summed E-state index contributed by atoms with van der Waals surface area (Å²) in [7, 11) is 0. The van der Waals surface area contributed by atoms with Gasteiger partial charge in [0.15, 0.2) is 0 Å². The smallest absolute Gasteiger partial charge is 0.0130 e. The van der Waals surface area contributed by atoms with Crippen LogP contribution in [0.5, 0.6) is 0 Å². The van der Waals surface area contributed by atoms with Crippen LogP contribution in [0.2, 0.25) is 0 Å². The Kier molecular flexibility index (Phi) is 5.37. The first-order valence-corrected chi connectivity index (χ1v) is 5.42. The zero-order valence-electron chi connectivity index (χ0n) is 8.31. The van der Waals surface area contributed by atoms with Crippen LogP contribution in [0.25, 0.3) is 0 Å². The minimum Gasteiger partial charge on any atom is -0.255 e. The summed E-state index contributed by atoms with van der Waals surface area (Å²) in [5, 5.41) is 2.41. The van der Waals surface area contributed by atoms with E-state index in [-0.39, 0.29) is 0 Å². The highest BCUT2D eigenvalue weighted by Gasteiger charge is 2.06. The Morgan fingerprint density at radius 3 is 2.33 bits per heavy atom. The maximum atomic E-state index is 3.50. The lowest BCUT2D eigenvalue weighted by atomic mass is 10.2. The average Bonchev–Trinajstić information content (AvgIpc) is 2.33. The Morgan fingerprint density at radius 1 is 1.08 bits per heavy atom. The van der Waals surface area contributed by atoms with Gasteiger partial charge in [-0.3, -0.25) is 5.43 Å². The fraction of sp³-hybridized carbons (Fsp3) is 1.00. The van der Waals surface area contributed by atoms with Gasteiger partial charge in [0.25, 0.3) is 0 Å². The highest BCUT2D eigenvalue weighted by Crippen LogP contribution is 2.07. The van der Waals surface area contributed by atoms with Gasteiger partial charge in [-0.1, -0.05) is 26.2 Å². The van der Waals surface area contributed by atoms with Gasteiger partial charge in [0, 0.05) is 19.6 Å². The maximum absolute atomic E-state index is 3.50. The van der Waals surface area contributed by atoms with E-state index in [1.165, 1.54) is 51.6 Å². The van der Waals surface area contributed by atoms with Gasteiger partial charge in [-0.2, -0.15) is 0 Å². The Hall–Kier alpha value is -0.0800. The third-order valence-corrected chi connectivity index (χ3v) is 2.47. The van der Waals surface area contributed by atoms with Gasteiger partial charge < -0.3 is 0 Å². The number of hydrazine groups is 1. The molecule has 2 nitrogen and oxygen atoms in total. The van der Waals surface area contributed by atoms with Crippen molar-refractivity contribution in [2.45, 2.75) is 45.4 Å². The molecule has 1 aliphatic heterocycles. The van der Waals surface area contributed by atoms with E-state index in [0.29, 0.717) is 0 Å². The standard InChI is InChI=1S/C10H22N2/c1-2-3-8-11-12-9-6-4-5-7-10-12/h11H,2-10H2,1H3. The third-order valence-electron chi connectivity index (χ3n) is 2.47. The van der Waals surface area contributed by atoms with Crippen molar-refractivity contribution in [2.75, 3.05) is 19.6 Å². The minimum absolute atomic E-state index is 1.16. The van der Waals surface area contributed by atoms with Crippen LogP contribution in [-0.4, -0.2) is 24.6 Å². The van der Waals surface area contributed by atoms with Gasteiger partial charge in [-0.05, 0) is 19.3 Å². The van der Waals surface area contributed by atoms with E-state index in [1.807, 2.05) is 0 Å². The highest BCUT2D eigenvalue weighted by atomic mass is 15.5. The number of hydrogen-bond acceptors (Lipinski definition) is 2. The topological polar surface area (TPSA) is 15.3 Å². The molecule has 0 radical (unpaired) electrons. The number of unbranched alkanes of at least 4 members (excludes halogenated alkanes) is 1. The first-order valence-electron chi connectivity index (χ1n) is 5.42. The van der Waals surface area contributed by atoms with Gasteiger partial charge in [0.1, 0.15) is 0 Å². The first kappa shape index (κ1) is 10.0. The summed E-state index contributed by atoms with van der Waals surface area (Å²) >= 11 is 0. The highest BCUT2D eigenvalue weighted by molar-refractivity contribution is 4.59. The van der Waals surface area contributed by atoms with Gasteiger partial charge in [-0.25, -0.2) is 5.01 Å². The molecular formula is C10H22N2. The summed E-state index contributed by atoms with van der Waals surface area (Å²) in [5.41, 5.74) is 3.50. The van der Waals surface area contributed by atoms with Crippen LogP contribution < -0.4 is 5.43 Å². The molecule has 0 spiro atoms. The van der Waals surface area contributed by atoms with Crippen molar-refractivity contribution < 1.29 is 0 Å². The van der Waals surface area contributed by atoms with Crippen LogP contribution in [0.15, 0.2) is 0 Å². The first-order chi connectivity index (χ1) is 5.93. The predicted octanol–water partition coefficient (Wildman–Crippen LogP) is 2.17. The van der Waals surface area contributed by atoms with Crippen molar-refractivity contribution in [2.24, 2.45) is 0 Å². The number of rotatable bonds is 4. The SMILES string of the molecule is CCCCNN1CCCCCC1. The lowest BCUT2D eigenvalue weighted by Gasteiger charge is -2.20.